The minimum atomic E-state index is -3.98. The van der Waals surface area contributed by atoms with E-state index in [1.165, 1.54) is 12.3 Å². The molecule has 21 heavy (non-hydrogen) atoms. The van der Waals surface area contributed by atoms with Crippen molar-refractivity contribution in [2.45, 2.75) is 4.90 Å². The number of sulfonamides is 1. The summed E-state index contributed by atoms with van der Waals surface area (Å²) in [6, 6.07) is 4.02. The fraction of sp³-hybridized carbons (Fsp3) is 0. The first-order chi connectivity index (χ1) is 9.79. The normalized spacial score (nSPS) is 11.1. The van der Waals surface area contributed by atoms with Crippen LogP contribution in [0.3, 0.4) is 0 Å². The van der Waals surface area contributed by atoms with Gasteiger partial charge in [-0.3, -0.25) is 19.8 Å². The van der Waals surface area contributed by atoms with Crippen LogP contribution in [0.15, 0.2) is 46.0 Å². The maximum absolute atomic E-state index is 13.2. The van der Waals surface area contributed by atoms with Crippen molar-refractivity contribution in [1.82, 2.24) is 4.98 Å². The maximum atomic E-state index is 13.2. The van der Waals surface area contributed by atoms with E-state index < -0.39 is 26.5 Å². The van der Waals surface area contributed by atoms with E-state index in [0.29, 0.717) is 4.47 Å². The predicted octanol–water partition coefficient (Wildman–Crippen LogP) is 2.69. The molecule has 1 N–H and O–H groups in total. The molecule has 0 fully saturated rings. The molecule has 1 heterocycles. The molecule has 2 rings (SSSR count). The van der Waals surface area contributed by atoms with Gasteiger partial charge >= 0.3 is 5.69 Å². The third kappa shape index (κ3) is 3.52. The SMILES string of the molecule is O=[N+]([O-])c1cc(NS(=O)(=O)c2cncc(Br)c2)ccc1F. The molecular weight excluding hydrogens is 369 g/mol. The lowest BCUT2D eigenvalue weighted by molar-refractivity contribution is -0.387. The highest BCUT2D eigenvalue weighted by atomic mass is 79.9. The Balaban J connectivity index is 2.37. The van der Waals surface area contributed by atoms with Crippen molar-refractivity contribution < 1.29 is 17.7 Å². The highest BCUT2D eigenvalue weighted by Gasteiger charge is 2.19. The number of rotatable bonds is 4. The van der Waals surface area contributed by atoms with Gasteiger partial charge in [0.25, 0.3) is 10.0 Å². The fourth-order valence-corrected chi connectivity index (χ4v) is 3.02. The zero-order valence-corrected chi connectivity index (χ0v) is 12.6. The average Bonchev–Trinajstić information content (AvgIpc) is 2.40. The van der Waals surface area contributed by atoms with Crippen molar-refractivity contribution in [3.8, 4) is 0 Å². The highest BCUT2D eigenvalue weighted by Crippen LogP contribution is 2.24. The first kappa shape index (κ1) is 15.3. The van der Waals surface area contributed by atoms with E-state index in [4.69, 9.17) is 0 Å². The van der Waals surface area contributed by atoms with Crippen molar-refractivity contribution in [3.63, 3.8) is 0 Å². The molecule has 10 heteroatoms. The summed E-state index contributed by atoms with van der Waals surface area (Å²) in [6.07, 6.45) is 2.52. The second-order valence-electron chi connectivity index (χ2n) is 3.87. The molecule has 0 amide bonds. The minimum Gasteiger partial charge on any atom is -0.279 e. The van der Waals surface area contributed by atoms with Crippen molar-refractivity contribution in [2.75, 3.05) is 4.72 Å². The van der Waals surface area contributed by atoms with E-state index in [9.17, 15) is 22.9 Å². The zero-order valence-electron chi connectivity index (χ0n) is 10.2. The summed E-state index contributed by atoms with van der Waals surface area (Å²) in [6.45, 7) is 0. The number of hydrogen-bond acceptors (Lipinski definition) is 5. The monoisotopic (exact) mass is 375 g/mol. The van der Waals surface area contributed by atoms with Crippen LogP contribution in [-0.4, -0.2) is 18.3 Å². The fourth-order valence-electron chi connectivity index (χ4n) is 1.47. The van der Waals surface area contributed by atoms with Gasteiger partial charge in [0.15, 0.2) is 0 Å². The summed E-state index contributed by atoms with van der Waals surface area (Å²) in [5.74, 6) is -1.05. The summed E-state index contributed by atoms with van der Waals surface area (Å²) >= 11 is 3.09. The number of nitrogens with one attached hydrogen (secondary N) is 1. The molecule has 7 nitrogen and oxygen atoms in total. The van der Waals surface area contributed by atoms with Crippen LogP contribution in [0.5, 0.6) is 0 Å². The second kappa shape index (κ2) is 5.74. The highest BCUT2D eigenvalue weighted by molar-refractivity contribution is 9.10. The molecule has 0 saturated carbocycles. The molecule has 1 aromatic carbocycles. The maximum Gasteiger partial charge on any atom is 0.306 e. The minimum absolute atomic E-state index is 0.122. The van der Waals surface area contributed by atoms with Crippen LogP contribution in [0.25, 0.3) is 0 Å². The van der Waals surface area contributed by atoms with E-state index in [1.807, 2.05) is 0 Å². The quantitative estimate of drug-likeness (QED) is 0.653. The Kier molecular flexibility index (Phi) is 4.19. The molecule has 0 radical (unpaired) electrons. The van der Waals surface area contributed by atoms with Gasteiger partial charge in [-0.2, -0.15) is 4.39 Å². The van der Waals surface area contributed by atoms with Gasteiger partial charge in [-0.05, 0) is 34.1 Å². The van der Waals surface area contributed by atoms with E-state index in [2.05, 4.69) is 25.6 Å². The molecule has 0 atom stereocenters. The van der Waals surface area contributed by atoms with Gasteiger partial charge in [0.05, 0.1) is 10.6 Å². The molecule has 0 aliphatic rings. The molecule has 1 aromatic heterocycles. The molecule has 0 spiro atoms. The van der Waals surface area contributed by atoms with E-state index in [0.717, 1.165) is 24.4 Å². The summed E-state index contributed by atoms with van der Waals surface area (Å²) in [4.78, 5) is 13.3. The Hall–Kier alpha value is -2.07. The summed E-state index contributed by atoms with van der Waals surface area (Å²) in [5, 5.41) is 10.6. The van der Waals surface area contributed by atoms with Crippen molar-refractivity contribution in [3.05, 3.63) is 57.1 Å². The molecule has 0 aliphatic heterocycles. The van der Waals surface area contributed by atoms with Crippen molar-refractivity contribution in [2.24, 2.45) is 0 Å². The van der Waals surface area contributed by atoms with E-state index in [1.54, 1.807) is 0 Å². The molecule has 110 valence electrons. The Bertz CT molecular complexity index is 813. The largest absolute Gasteiger partial charge is 0.306 e. The zero-order chi connectivity index (χ0) is 15.6. The van der Waals surface area contributed by atoms with Gasteiger partial charge in [0, 0.05) is 22.9 Å². The molecule has 0 unspecified atom stereocenters. The third-order valence-corrected chi connectivity index (χ3v) is 4.17. The number of aromatic nitrogens is 1. The Labute approximate surface area is 127 Å². The molecular formula is C11H7BrFN3O4S. The van der Waals surface area contributed by atoms with E-state index >= 15 is 0 Å². The van der Waals surface area contributed by atoms with Crippen LogP contribution in [0.2, 0.25) is 0 Å². The van der Waals surface area contributed by atoms with Gasteiger partial charge in [0.2, 0.25) is 5.82 Å². The van der Waals surface area contributed by atoms with E-state index in [-0.39, 0.29) is 10.6 Å². The number of nitrogens with zero attached hydrogens (tertiary/aromatic N) is 2. The van der Waals surface area contributed by atoms with Crippen LogP contribution in [-0.2, 0) is 10.0 Å². The second-order valence-corrected chi connectivity index (χ2v) is 6.47. The number of nitro groups is 1. The summed E-state index contributed by atoms with van der Waals surface area (Å²) in [5.41, 5.74) is -0.939. The number of pyridine rings is 1. The molecule has 0 saturated heterocycles. The lowest BCUT2D eigenvalue weighted by atomic mass is 10.3. The first-order valence-corrected chi connectivity index (χ1v) is 7.64. The average molecular weight is 376 g/mol. The number of halogens is 2. The number of anilines is 1. The lowest BCUT2D eigenvalue weighted by Gasteiger charge is -2.08. The molecule has 2 aromatic rings. The van der Waals surface area contributed by atoms with Crippen LogP contribution in [0.4, 0.5) is 15.8 Å². The number of benzene rings is 1. The third-order valence-electron chi connectivity index (χ3n) is 2.39. The van der Waals surface area contributed by atoms with Gasteiger partial charge in [-0.15, -0.1) is 0 Å². The molecule has 0 aliphatic carbocycles. The summed E-state index contributed by atoms with van der Waals surface area (Å²) in [7, 11) is -3.98. The van der Waals surface area contributed by atoms with Crippen LogP contribution < -0.4 is 4.72 Å². The first-order valence-electron chi connectivity index (χ1n) is 5.37. The molecule has 0 bridgehead atoms. The number of nitro benzene ring substituents is 1. The van der Waals surface area contributed by atoms with Crippen LogP contribution >= 0.6 is 15.9 Å². The van der Waals surface area contributed by atoms with Gasteiger partial charge in [-0.1, -0.05) is 0 Å². The Morgan fingerprint density at radius 3 is 2.62 bits per heavy atom. The summed E-state index contributed by atoms with van der Waals surface area (Å²) < 4.78 is 39.9. The topological polar surface area (TPSA) is 102 Å². The standard InChI is InChI=1S/C11H7BrFN3O4S/c12-7-3-9(6-14-5-7)21(19,20)15-8-1-2-10(13)11(4-8)16(17)18/h1-6,15H. The van der Waals surface area contributed by atoms with Crippen molar-refractivity contribution >= 4 is 37.3 Å². The lowest BCUT2D eigenvalue weighted by Crippen LogP contribution is -2.13. The Morgan fingerprint density at radius 2 is 2.00 bits per heavy atom. The van der Waals surface area contributed by atoms with Crippen LogP contribution in [0, 0.1) is 15.9 Å². The Morgan fingerprint density at radius 1 is 1.29 bits per heavy atom. The van der Waals surface area contributed by atoms with Gasteiger partial charge in [-0.25, -0.2) is 8.42 Å². The van der Waals surface area contributed by atoms with Crippen LogP contribution in [0.1, 0.15) is 0 Å². The number of hydrogen-bond donors (Lipinski definition) is 1. The van der Waals surface area contributed by atoms with Gasteiger partial charge in [0.1, 0.15) is 4.90 Å². The van der Waals surface area contributed by atoms with Gasteiger partial charge < -0.3 is 0 Å². The predicted molar refractivity (Wildman–Crippen MR) is 75.8 cm³/mol. The van der Waals surface area contributed by atoms with Crippen molar-refractivity contribution in [1.29, 1.82) is 0 Å². The smallest absolute Gasteiger partial charge is 0.279 e.